The van der Waals surface area contributed by atoms with Gasteiger partial charge in [0.25, 0.3) is 11.9 Å². The molecule has 2 heterocycles. The monoisotopic (exact) mass is 254 g/mol. The molecule has 0 unspecified atom stereocenters. The minimum absolute atomic E-state index is 0.332. The zero-order valence-electron chi connectivity index (χ0n) is 8.18. The number of rotatable bonds is 2. The van der Waals surface area contributed by atoms with Crippen LogP contribution in [0.1, 0.15) is 0 Å². The number of tetrazole rings is 2. The van der Waals surface area contributed by atoms with E-state index < -0.39 is 24.1 Å². The minimum atomic E-state index is -1.48. The fourth-order valence-electron chi connectivity index (χ4n) is 0.826. The zero-order chi connectivity index (χ0) is 13.1. The molecule has 0 bridgehead atoms. The fourth-order valence-corrected chi connectivity index (χ4v) is 0.826. The van der Waals surface area contributed by atoms with Crippen LogP contribution in [0, 0.1) is 0 Å². The summed E-state index contributed by atoms with van der Waals surface area (Å²) in [6.45, 7) is 0. The largest absolute Gasteiger partial charge is 0.463 e. The van der Waals surface area contributed by atoms with Crippen LogP contribution >= 0.6 is 0 Å². The molecule has 0 aliphatic rings. The molecule has 14 heteroatoms. The molecule has 0 aromatic carbocycles. The predicted molar refractivity (Wildman–Crippen MR) is 46.7 cm³/mol. The highest BCUT2D eigenvalue weighted by atomic mass is 16.4. The molecule has 14 nitrogen and oxygen atoms in total. The molecule has 0 atom stereocenters. The van der Waals surface area contributed by atoms with E-state index >= 15 is 0 Å². The van der Waals surface area contributed by atoms with E-state index in [0.717, 1.165) is 0 Å². The standard InChI is InChI=1S/C4H2N10O4/c15-3(16)13-1(7-9-11-13)5-6-2-8-10-12-14(2)4(17)18/h(H,15,16)(H,17,18). The molecule has 0 amide bonds. The first kappa shape index (κ1) is 11.2. The van der Waals surface area contributed by atoms with Gasteiger partial charge < -0.3 is 10.2 Å². The van der Waals surface area contributed by atoms with Gasteiger partial charge in [-0.05, 0) is 20.9 Å². The summed E-state index contributed by atoms with van der Waals surface area (Å²) in [7, 11) is 0. The SMILES string of the molecule is O=C(O)n1nnnc1N=Nc1nnnn1C(=O)O. The van der Waals surface area contributed by atoms with E-state index in [1.165, 1.54) is 0 Å². The molecule has 0 aliphatic carbocycles. The topological polar surface area (TPSA) is 187 Å². The van der Waals surface area contributed by atoms with Gasteiger partial charge in [0.1, 0.15) is 0 Å². The first-order valence-electron chi connectivity index (χ1n) is 4.04. The van der Waals surface area contributed by atoms with Crippen LogP contribution in [0.4, 0.5) is 21.5 Å². The Kier molecular flexibility index (Phi) is 2.65. The second-order valence-electron chi connectivity index (χ2n) is 2.55. The van der Waals surface area contributed by atoms with Crippen LogP contribution in [0.5, 0.6) is 0 Å². The lowest BCUT2D eigenvalue weighted by Crippen LogP contribution is -2.10. The normalized spacial score (nSPS) is 10.9. The maximum Gasteiger partial charge on any atom is 0.437 e. The molecule has 2 aromatic rings. The van der Waals surface area contributed by atoms with Gasteiger partial charge in [-0.15, -0.1) is 19.6 Å². The number of azo groups is 1. The molecule has 2 N–H and O–H groups in total. The highest BCUT2D eigenvalue weighted by Gasteiger charge is 2.14. The quantitative estimate of drug-likeness (QED) is 0.503. The summed E-state index contributed by atoms with van der Waals surface area (Å²) in [6.07, 6.45) is -2.96. The highest BCUT2D eigenvalue weighted by molar-refractivity contribution is 5.70. The second kappa shape index (κ2) is 4.28. The van der Waals surface area contributed by atoms with Gasteiger partial charge in [0.15, 0.2) is 0 Å². The minimum Gasteiger partial charge on any atom is -0.463 e. The van der Waals surface area contributed by atoms with Crippen LogP contribution in [-0.2, 0) is 0 Å². The van der Waals surface area contributed by atoms with E-state index in [1.54, 1.807) is 0 Å². The molecular weight excluding hydrogens is 252 g/mol. The third kappa shape index (κ3) is 1.96. The van der Waals surface area contributed by atoms with Gasteiger partial charge in [-0.2, -0.15) is 0 Å². The average molecular weight is 254 g/mol. The lowest BCUT2D eigenvalue weighted by atomic mass is 10.9. The average Bonchev–Trinajstić information content (AvgIpc) is 2.94. The van der Waals surface area contributed by atoms with Crippen LogP contribution in [0.3, 0.4) is 0 Å². The Morgan fingerprint density at radius 2 is 1.28 bits per heavy atom. The van der Waals surface area contributed by atoms with Crippen LogP contribution in [-0.4, -0.2) is 62.8 Å². The molecule has 0 spiro atoms. The van der Waals surface area contributed by atoms with Crippen molar-refractivity contribution in [3.63, 3.8) is 0 Å². The van der Waals surface area contributed by atoms with Crippen molar-refractivity contribution in [1.82, 2.24) is 40.4 Å². The van der Waals surface area contributed by atoms with Crippen molar-refractivity contribution in [3.05, 3.63) is 0 Å². The number of carbonyl (C=O) groups is 2. The van der Waals surface area contributed by atoms with Crippen molar-refractivity contribution in [2.24, 2.45) is 10.2 Å². The summed E-state index contributed by atoms with van der Waals surface area (Å²) < 4.78 is 0.664. The fraction of sp³-hybridized carbons (Fsp3) is 0. The molecule has 2 rings (SSSR count). The van der Waals surface area contributed by atoms with Crippen molar-refractivity contribution >= 4 is 24.1 Å². The van der Waals surface area contributed by atoms with Crippen molar-refractivity contribution in [2.45, 2.75) is 0 Å². The highest BCUT2D eigenvalue weighted by Crippen LogP contribution is 2.11. The Hall–Kier alpha value is -3.32. The summed E-state index contributed by atoms with van der Waals surface area (Å²) in [4.78, 5) is 21.2. The van der Waals surface area contributed by atoms with Crippen LogP contribution in [0.2, 0.25) is 0 Å². The maximum absolute atomic E-state index is 10.6. The lowest BCUT2D eigenvalue weighted by Gasteiger charge is -1.91. The molecule has 0 saturated heterocycles. The van der Waals surface area contributed by atoms with E-state index in [-0.39, 0.29) is 0 Å². The number of aromatic nitrogens is 8. The lowest BCUT2D eigenvalue weighted by molar-refractivity contribution is 0.191. The summed E-state index contributed by atoms with van der Waals surface area (Å²) in [5, 5.41) is 42.7. The van der Waals surface area contributed by atoms with Gasteiger partial charge in [-0.25, -0.2) is 9.59 Å². The summed E-state index contributed by atoms with van der Waals surface area (Å²) in [5.74, 6) is -0.940. The number of hydrogen-bond donors (Lipinski definition) is 2. The van der Waals surface area contributed by atoms with E-state index in [9.17, 15) is 9.59 Å². The van der Waals surface area contributed by atoms with Gasteiger partial charge in [-0.3, -0.25) is 0 Å². The van der Waals surface area contributed by atoms with Gasteiger partial charge in [0.2, 0.25) is 0 Å². The van der Waals surface area contributed by atoms with Gasteiger partial charge in [0.05, 0.1) is 0 Å². The molecule has 0 aliphatic heterocycles. The number of carboxylic acid groups (broad SMARTS) is 2. The van der Waals surface area contributed by atoms with Crippen LogP contribution < -0.4 is 0 Å². The molecule has 0 fully saturated rings. The number of hydrogen-bond acceptors (Lipinski definition) is 10. The Morgan fingerprint density at radius 3 is 1.61 bits per heavy atom. The Labute approximate surface area is 95.5 Å². The second-order valence-corrected chi connectivity index (χ2v) is 2.55. The van der Waals surface area contributed by atoms with Crippen molar-refractivity contribution < 1.29 is 19.8 Å². The van der Waals surface area contributed by atoms with Crippen molar-refractivity contribution in [3.8, 4) is 0 Å². The Balaban J connectivity index is 2.30. The summed E-state index contributed by atoms with van der Waals surface area (Å²) in [5.41, 5.74) is 0. The van der Waals surface area contributed by atoms with Gasteiger partial charge in [0, 0.05) is 0 Å². The predicted octanol–water partition coefficient (Wildman–Crippen LogP) is -0.873. The van der Waals surface area contributed by atoms with E-state index in [1.807, 2.05) is 0 Å². The zero-order valence-corrected chi connectivity index (χ0v) is 8.18. The maximum atomic E-state index is 10.6. The molecule has 2 aromatic heterocycles. The van der Waals surface area contributed by atoms with Crippen LogP contribution in [0.15, 0.2) is 10.2 Å². The first-order chi connectivity index (χ1) is 8.59. The Morgan fingerprint density at radius 1 is 0.889 bits per heavy atom. The van der Waals surface area contributed by atoms with E-state index in [2.05, 4.69) is 41.3 Å². The molecule has 0 radical (unpaired) electrons. The summed E-state index contributed by atoms with van der Waals surface area (Å²) in [6, 6.07) is 0. The molecule has 92 valence electrons. The third-order valence-corrected chi connectivity index (χ3v) is 1.50. The third-order valence-electron chi connectivity index (χ3n) is 1.50. The van der Waals surface area contributed by atoms with E-state index in [0.29, 0.717) is 9.36 Å². The molecule has 0 saturated carbocycles. The number of nitrogens with zero attached hydrogens (tertiary/aromatic N) is 10. The summed E-state index contributed by atoms with van der Waals surface area (Å²) >= 11 is 0. The van der Waals surface area contributed by atoms with Gasteiger partial charge in [-0.1, -0.05) is 10.2 Å². The molecule has 18 heavy (non-hydrogen) atoms. The Bertz CT molecular complexity index is 571. The molecular formula is C4H2N10O4. The van der Waals surface area contributed by atoms with Crippen LogP contribution in [0.25, 0.3) is 0 Å². The van der Waals surface area contributed by atoms with Crippen molar-refractivity contribution in [2.75, 3.05) is 0 Å². The first-order valence-corrected chi connectivity index (χ1v) is 4.04. The van der Waals surface area contributed by atoms with Crippen molar-refractivity contribution in [1.29, 1.82) is 0 Å². The smallest absolute Gasteiger partial charge is 0.437 e. The van der Waals surface area contributed by atoms with Gasteiger partial charge >= 0.3 is 12.2 Å². The van der Waals surface area contributed by atoms with E-state index in [4.69, 9.17) is 10.2 Å².